The van der Waals surface area contributed by atoms with Crippen molar-refractivity contribution in [3.05, 3.63) is 63.6 Å². The van der Waals surface area contributed by atoms with E-state index in [1.807, 2.05) is 0 Å². The van der Waals surface area contributed by atoms with Gasteiger partial charge in [-0.15, -0.1) is 0 Å². The van der Waals surface area contributed by atoms with Gasteiger partial charge in [0.15, 0.2) is 6.61 Å². The molecule has 0 unspecified atom stereocenters. The fourth-order valence-corrected chi connectivity index (χ4v) is 4.71. The van der Waals surface area contributed by atoms with Gasteiger partial charge >= 0.3 is 5.97 Å². The van der Waals surface area contributed by atoms with Crippen LogP contribution in [0.25, 0.3) is 0 Å². The molecule has 1 aliphatic heterocycles. The number of benzene rings is 2. The molecule has 1 aliphatic rings. The van der Waals surface area contributed by atoms with Crippen LogP contribution in [-0.4, -0.2) is 57.5 Å². The van der Waals surface area contributed by atoms with Gasteiger partial charge in [-0.2, -0.15) is 4.31 Å². The molecule has 1 saturated heterocycles. The van der Waals surface area contributed by atoms with Gasteiger partial charge in [0, 0.05) is 24.7 Å². The van der Waals surface area contributed by atoms with Crippen molar-refractivity contribution in [2.75, 3.05) is 32.9 Å². The molecular formula is C20H20Cl2N2O6S. The number of carbonyl (C=O) groups is 2. The predicted molar refractivity (Wildman–Crippen MR) is 115 cm³/mol. The number of carbonyl (C=O) groups excluding carboxylic acids is 2. The number of halogens is 2. The SMILES string of the molecule is O=C(COC(=O)c1cc(S(=O)(=O)N2CCOCC2)ccc1Cl)NCc1cccc(Cl)c1. The number of esters is 1. The van der Waals surface area contributed by atoms with Gasteiger partial charge in [-0.05, 0) is 35.9 Å². The molecule has 0 bridgehead atoms. The van der Waals surface area contributed by atoms with Crippen molar-refractivity contribution >= 4 is 45.1 Å². The Morgan fingerprint density at radius 2 is 1.84 bits per heavy atom. The number of ether oxygens (including phenoxy) is 2. The number of amides is 1. The number of hydrogen-bond donors (Lipinski definition) is 1. The maximum Gasteiger partial charge on any atom is 0.340 e. The quantitative estimate of drug-likeness (QED) is 0.603. The Morgan fingerprint density at radius 3 is 2.55 bits per heavy atom. The Morgan fingerprint density at radius 1 is 1.10 bits per heavy atom. The summed E-state index contributed by atoms with van der Waals surface area (Å²) in [6.07, 6.45) is 0. The molecule has 11 heteroatoms. The van der Waals surface area contributed by atoms with E-state index >= 15 is 0 Å². The molecule has 8 nitrogen and oxygen atoms in total. The third kappa shape index (κ3) is 6.18. The average molecular weight is 487 g/mol. The van der Waals surface area contributed by atoms with Crippen molar-refractivity contribution in [3.8, 4) is 0 Å². The lowest BCUT2D eigenvalue weighted by Gasteiger charge is -2.26. The second kappa shape index (κ2) is 10.4. The highest BCUT2D eigenvalue weighted by Crippen LogP contribution is 2.24. The van der Waals surface area contributed by atoms with Crippen molar-refractivity contribution < 1.29 is 27.5 Å². The maximum absolute atomic E-state index is 12.8. The summed E-state index contributed by atoms with van der Waals surface area (Å²) in [4.78, 5) is 24.3. The zero-order chi connectivity index (χ0) is 22.4. The first kappa shape index (κ1) is 23.5. The summed E-state index contributed by atoms with van der Waals surface area (Å²) >= 11 is 11.9. The standard InChI is InChI=1S/C20H20Cl2N2O6S/c21-15-3-1-2-14(10-15)12-23-19(25)13-30-20(26)17-11-16(4-5-18(17)22)31(27,28)24-6-8-29-9-7-24/h1-5,10-11H,6-9,12-13H2,(H,23,25). The van der Waals surface area contributed by atoms with Crippen LogP contribution in [0.2, 0.25) is 10.0 Å². The number of hydrogen-bond acceptors (Lipinski definition) is 6. The van der Waals surface area contributed by atoms with Gasteiger partial charge < -0.3 is 14.8 Å². The molecule has 1 N–H and O–H groups in total. The van der Waals surface area contributed by atoms with Gasteiger partial charge in [0.05, 0.1) is 28.7 Å². The number of rotatable bonds is 7. The summed E-state index contributed by atoms with van der Waals surface area (Å²) in [6.45, 7) is 0.703. The topological polar surface area (TPSA) is 102 Å². The van der Waals surface area contributed by atoms with Crippen LogP contribution in [0.4, 0.5) is 0 Å². The fraction of sp³-hybridized carbons (Fsp3) is 0.300. The summed E-state index contributed by atoms with van der Waals surface area (Å²) in [5.74, 6) is -1.43. The minimum atomic E-state index is -3.81. The molecule has 1 heterocycles. The lowest BCUT2D eigenvalue weighted by atomic mass is 10.2. The number of sulfonamides is 1. The molecule has 0 spiro atoms. The first-order valence-electron chi connectivity index (χ1n) is 9.33. The molecule has 0 radical (unpaired) electrons. The molecule has 0 aliphatic carbocycles. The molecule has 31 heavy (non-hydrogen) atoms. The van der Waals surface area contributed by atoms with Crippen molar-refractivity contribution in [1.29, 1.82) is 0 Å². The molecule has 1 fully saturated rings. The van der Waals surface area contributed by atoms with Crippen molar-refractivity contribution in [2.24, 2.45) is 0 Å². The monoisotopic (exact) mass is 486 g/mol. The normalized spacial score (nSPS) is 14.8. The van der Waals surface area contributed by atoms with Gasteiger partial charge in [0.25, 0.3) is 5.91 Å². The highest BCUT2D eigenvalue weighted by molar-refractivity contribution is 7.89. The van der Waals surface area contributed by atoms with E-state index in [4.69, 9.17) is 32.7 Å². The zero-order valence-electron chi connectivity index (χ0n) is 16.3. The van der Waals surface area contributed by atoms with Crippen molar-refractivity contribution in [1.82, 2.24) is 9.62 Å². The molecule has 3 rings (SSSR count). The van der Waals surface area contributed by atoms with E-state index in [0.717, 1.165) is 11.6 Å². The van der Waals surface area contributed by atoms with Gasteiger partial charge in [0.1, 0.15) is 0 Å². The van der Waals surface area contributed by atoms with Crippen LogP contribution >= 0.6 is 23.2 Å². The summed E-state index contributed by atoms with van der Waals surface area (Å²) in [5.41, 5.74) is 0.648. The van der Waals surface area contributed by atoms with E-state index in [0.29, 0.717) is 18.2 Å². The molecule has 2 aromatic carbocycles. The van der Waals surface area contributed by atoms with Gasteiger partial charge in [-0.25, -0.2) is 13.2 Å². The Kier molecular flexibility index (Phi) is 7.90. The van der Waals surface area contributed by atoms with Gasteiger partial charge in [-0.3, -0.25) is 4.79 Å². The Labute approximate surface area is 190 Å². The van der Waals surface area contributed by atoms with Crippen LogP contribution in [0.15, 0.2) is 47.4 Å². The first-order chi connectivity index (χ1) is 14.8. The van der Waals surface area contributed by atoms with Crippen LogP contribution < -0.4 is 5.32 Å². The first-order valence-corrected chi connectivity index (χ1v) is 11.5. The Balaban J connectivity index is 1.62. The predicted octanol–water partition coefficient (Wildman–Crippen LogP) is 2.49. The number of morpholine rings is 1. The largest absolute Gasteiger partial charge is 0.452 e. The van der Waals surface area contributed by atoms with E-state index in [-0.39, 0.29) is 35.1 Å². The van der Waals surface area contributed by atoms with E-state index in [1.54, 1.807) is 24.3 Å². The molecule has 0 saturated carbocycles. The molecule has 0 aromatic heterocycles. The smallest absolute Gasteiger partial charge is 0.340 e. The zero-order valence-corrected chi connectivity index (χ0v) is 18.7. The summed E-state index contributed by atoms with van der Waals surface area (Å²) in [6, 6.07) is 10.7. The second-order valence-corrected chi connectivity index (χ2v) is 9.42. The molecule has 1 amide bonds. The third-order valence-electron chi connectivity index (χ3n) is 4.48. The maximum atomic E-state index is 12.8. The fourth-order valence-electron chi connectivity index (χ4n) is 2.86. The lowest BCUT2D eigenvalue weighted by Crippen LogP contribution is -2.40. The summed E-state index contributed by atoms with van der Waals surface area (Å²) in [7, 11) is -3.81. The Hall–Kier alpha value is -2.17. The van der Waals surface area contributed by atoms with E-state index < -0.39 is 28.5 Å². The van der Waals surface area contributed by atoms with Crippen LogP contribution in [0.5, 0.6) is 0 Å². The van der Waals surface area contributed by atoms with E-state index in [2.05, 4.69) is 5.32 Å². The minimum Gasteiger partial charge on any atom is -0.452 e. The van der Waals surface area contributed by atoms with Crippen molar-refractivity contribution in [2.45, 2.75) is 11.4 Å². The van der Waals surface area contributed by atoms with E-state index in [9.17, 15) is 18.0 Å². The highest BCUT2D eigenvalue weighted by Gasteiger charge is 2.28. The molecule has 0 atom stereocenters. The molecule has 2 aromatic rings. The summed E-state index contributed by atoms with van der Waals surface area (Å²) < 4.78 is 37.0. The minimum absolute atomic E-state index is 0.0188. The summed E-state index contributed by atoms with van der Waals surface area (Å²) in [5, 5.41) is 3.16. The van der Waals surface area contributed by atoms with Crippen molar-refractivity contribution in [3.63, 3.8) is 0 Å². The average Bonchev–Trinajstić information content (AvgIpc) is 2.77. The van der Waals surface area contributed by atoms with Gasteiger partial charge in [-0.1, -0.05) is 35.3 Å². The van der Waals surface area contributed by atoms with Crippen LogP contribution in [0.3, 0.4) is 0 Å². The Bertz CT molecular complexity index is 1070. The third-order valence-corrected chi connectivity index (χ3v) is 6.94. The van der Waals surface area contributed by atoms with Crippen LogP contribution in [0, 0.1) is 0 Å². The van der Waals surface area contributed by atoms with Crippen LogP contribution in [-0.2, 0) is 30.8 Å². The van der Waals surface area contributed by atoms with E-state index in [1.165, 1.54) is 16.4 Å². The number of nitrogens with zero attached hydrogens (tertiary/aromatic N) is 1. The van der Waals surface area contributed by atoms with Gasteiger partial charge in [0.2, 0.25) is 10.0 Å². The lowest BCUT2D eigenvalue weighted by molar-refractivity contribution is -0.124. The molecule has 166 valence electrons. The number of nitrogens with one attached hydrogen (secondary N) is 1. The highest BCUT2D eigenvalue weighted by atomic mass is 35.5. The van der Waals surface area contributed by atoms with Crippen LogP contribution in [0.1, 0.15) is 15.9 Å². The second-order valence-electron chi connectivity index (χ2n) is 6.64. The molecular weight excluding hydrogens is 467 g/mol.